The van der Waals surface area contributed by atoms with Crippen LogP contribution in [0.5, 0.6) is 0 Å². The van der Waals surface area contributed by atoms with Crippen LogP contribution in [-0.2, 0) is 10.8 Å². The number of benzene rings is 1. The normalized spacial score (nSPS) is 38.4. The van der Waals surface area contributed by atoms with Crippen molar-refractivity contribution in [3.63, 3.8) is 0 Å². The van der Waals surface area contributed by atoms with Gasteiger partial charge in [-0.15, -0.1) is 0 Å². The Bertz CT molecular complexity index is 545. The maximum atomic E-state index is 13.5. The minimum atomic E-state index is -0.363. The van der Waals surface area contributed by atoms with Crippen molar-refractivity contribution in [2.24, 2.45) is 0 Å². The first-order valence-electron chi connectivity index (χ1n) is 5.19. The van der Waals surface area contributed by atoms with Gasteiger partial charge in [-0.25, -0.2) is 4.39 Å². The van der Waals surface area contributed by atoms with Crippen molar-refractivity contribution < 1.29 is 4.39 Å². The zero-order valence-electron chi connectivity index (χ0n) is 8.10. The highest BCUT2D eigenvalue weighted by Gasteiger charge is 2.79. The smallest absolute Gasteiger partial charge is 0.141 e. The zero-order valence-corrected chi connectivity index (χ0v) is 8.10. The van der Waals surface area contributed by atoms with Gasteiger partial charge in [0.05, 0.1) is 5.56 Å². The third kappa shape index (κ3) is 0.575. The lowest BCUT2D eigenvalue weighted by Crippen LogP contribution is -2.33. The summed E-state index contributed by atoms with van der Waals surface area (Å²) in [6.45, 7) is 1.97. The van der Waals surface area contributed by atoms with Gasteiger partial charge in [-0.3, -0.25) is 0 Å². The van der Waals surface area contributed by atoms with Crippen molar-refractivity contribution in [1.82, 2.24) is 5.32 Å². The van der Waals surface area contributed by atoms with Gasteiger partial charge in [-0.1, -0.05) is 0 Å². The van der Waals surface area contributed by atoms with Gasteiger partial charge >= 0.3 is 0 Å². The predicted octanol–water partition coefficient (Wildman–Crippen LogP) is 1.19. The van der Waals surface area contributed by atoms with Gasteiger partial charge in [0.2, 0.25) is 0 Å². The largest absolute Gasteiger partial charge is 0.315 e. The van der Waals surface area contributed by atoms with Crippen molar-refractivity contribution >= 4 is 0 Å². The third-order valence-electron chi connectivity index (χ3n) is 4.51. The third-order valence-corrected chi connectivity index (χ3v) is 4.51. The van der Waals surface area contributed by atoms with Gasteiger partial charge in [0, 0.05) is 23.9 Å². The molecule has 3 aliphatic rings. The van der Waals surface area contributed by atoms with Gasteiger partial charge in [0.15, 0.2) is 0 Å². The number of halogens is 1. The highest BCUT2D eigenvalue weighted by Crippen LogP contribution is 2.76. The number of rotatable bonds is 0. The van der Waals surface area contributed by atoms with Crippen LogP contribution < -0.4 is 5.32 Å². The molecular formula is C12H9FN2. The molecule has 1 N–H and O–H groups in total. The Balaban J connectivity index is 1.99. The van der Waals surface area contributed by atoms with E-state index in [1.807, 2.05) is 6.07 Å². The monoisotopic (exact) mass is 200 g/mol. The molecule has 2 nitrogen and oxygen atoms in total. The summed E-state index contributed by atoms with van der Waals surface area (Å²) in [6, 6.07) is 5.24. The molecule has 0 radical (unpaired) electrons. The van der Waals surface area contributed by atoms with Gasteiger partial charge in [0.1, 0.15) is 11.9 Å². The minimum Gasteiger partial charge on any atom is -0.315 e. The first-order chi connectivity index (χ1) is 7.23. The Morgan fingerprint density at radius 1 is 1.27 bits per heavy atom. The Morgan fingerprint density at radius 3 is 2.60 bits per heavy atom. The molecule has 0 aromatic heterocycles. The van der Waals surface area contributed by atoms with Crippen molar-refractivity contribution in [3.05, 3.63) is 34.6 Å². The second-order valence-corrected chi connectivity index (χ2v) is 4.93. The Kier molecular flexibility index (Phi) is 1.01. The Labute approximate surface area is 86.7 Å². The molecule has 2 aliphatic carbocycles. The van der Waals surface area contributed by atoms with Crippen LogP contribution in [0.2, 0.25) is 0 Å². The molecule has 74 valence electrons. The van der Waals surface area contributed by atoms with E-state index in [0.717, 1.165) is 25.1 Å². The van der Waals surface area contributed by atoms with E-state index >= 15 is 0 Å². The summed E-state index contributed by atoms with van der Waals surface area (Å²) in [5.41, 5.74) is 3.05. The van der Waals surface area contributed by atoms with Crippen molar-refractivity contribution in [3.8, 4) is 6.07 Å². The number of nitriles is 1. The number of nitrogens with one attached hydrogen (secondary N) is 1. The first kappa shape index (κ1) is 7.84. The fraction of sp³-hybridized carbons (Fsp3) is 0.417. The number of piperidine rings is 1. The summed E-state index contributed by atoms with van der Waals surface area (Å²) in [6.07, 6.45) is 1.15. The molecule has 1 saturated heterocycles. The van der Waals surface area contributed by atoms with Gasteiger partial charge in [0.25, 0.3) is 0 Å². The van der Waals surface area contributed by atoms with E-state index in [1.165, 1.54) is 5.56 Å². The van der Waals surface area contributed by atoms with Crippen LogP contribution in [0.15, 0.2) is 12.1 Å². The van der Waals surface area contributed by atoms with Crippen LogP contribution in [0, 0.1) is 17.1 Å². The molecule has 1 heterocycles. The molecule has 1 aromatic rings. The van der Waals surface area contributed by atoms with Crippen LogP contribution in [0.25, 0.3) is 0 Å². The summed E-state index contributed by atoms with van der Waals surface area (Å²) in [4.78, 5) is 0. The maximum absolute atomic E-state index is 13.5. The average Bonchev–Trinajstić information content (AvgIpc) is 2.70. The molecular weight excluding hydrogens is 191 g/mol. The molecule has 3 heteroatoms. The molecule has 0 bridgehead atoms. The molecule has 4 rings (SSSR count). The first-order valence-corrected chi connectivity index (χ1v) is 5.19. The van der Waals surface area contributed by atoms with Crippen molar-refractivity contribution in [1.29, 1.82) is 5.26 Å². The molecule has 0 amide bonds. The Morgan fingerprint density at radius 2 is 1.93 bits per heavy atom. The maximum Gasteiger partial charge on any atom is 0.141 e. The second kappa shape index (κ2) is 1.94. The number of fused-ring (bicyclic) bond motifs is 1. The van der Waals surface area contributed by atoms with E-state index in [2.05, 4.69) is 5.32 Å². The summed E-state index contributed by atoms with van der Waals surface area (Å²) in [7, 11) is 0. The molecule has 0 spiro atoms. The van der Waals surface area contributed by atoms with Crippen LogP contribution in [0.4, 0.5) is 4.39 Å². The van der Waals surface area contributed by atoms with Gasteiger partial charge in [-0.05, 0) is 29.7 Å². The SMILES string of the molecule is N#Cc1cc2c(cc1F)C13CNCC21C3. The zero-order chi connectivity index (χ0) is 10.3. The van der Waals surface area contributed by atoms with E-state index in [9.17, 15) is 4.39 Å². The molecule has 1 aromatic carbocycles. The highest BCUT2D eigenvalue weighted by atomic mass is 19.1. The van der Waals surface area contributed by atoms with E-state index in [-0.39, 0.29) is 22.2 Å². The quantitative estimate of drug-likeness (QED) is 0.683. The molecule has 2 fully saturated rings. The standard InChI is InChI=1S/C12H9FN2/c13-10-2-9-8(1-7(10)3-14)11-4-12(9,11)6-15-5-11/h1-2,15H,4-6H2. The number of hydrogen-bond donors (Lipinski definition) is 1. The van der Waals surface area contributed by atoms with Crippen LogP contribution in [-0.4, -0.2) is 13.1 Å². The number of hydrogen-bond acceptors (Lipinski definition) is 2. The van der Waals surface area contributed by atoms with Crippen LogP contribution in [0.1, 0.15) is 23.1 Å². The van der Waals surface area contributed by atoms with Crippen LogP contribution in [0.3, 0.4) is 0 Å². The van der Waals surface area contributed by atoms with E-state index in [1.54, 1.807) is 12.1 Å². The Hall–Kier alpha value is -1.40. The highest BCUT2D eigenvalue weighted by molar-refractivity contribution is 5.68. The minimum absolute atomic E-state index is 0.190. The fourth-order valence-corrected chi connectivity index (χ4v) is 3.71. The summed E-state index contributed by atoms with van der Waals surface area (Å²) in [5.74, 6) is -0.363. The fourth-order valence-electron chi connectivity index (χ4n) is 3.71. The van der Waals surface area contributed by atoms with Crippen molar-refractivity contribution in [2.75, 3.05) is 13.1 Å². The predicted molar refractivity (Wildman–Crippen MR) is 52.0 cm³/mol. The van der Waals surface area contributed by atoms with E-state index < -0.39 is 0 Å². The molecule has 1 aliphatic heterocycles. The average molecular weight is 200 g/mol. The second-order valence-electron chi connectivity index (χ2n) is 4.93. The van der Waals surface area contributed by atoms with Crippen LogP contribution >= 0.6 is 0 Å². The molecule has 2 atom stereocenters. The summed E-state index contributed by atoms with van der Waals surface area (Å²) >= 11 is 0. The molecule has 15 heavy (non-hydrogen) atoms. The van der Waals surface area contributed by atoms with E-state index in [4.69, 9.17) is 5.26 Å². The molecule has 1 saturated carbocycles. The van der Waals surface area contributed by atoms with E-state index in [0.29, 0.717) is 0 Å². The summed E-state index contributed by atoms with van der Waals surface area (Å²) in [5, 5.41) is 12.2. The van der Waals surface area contributed by atoms with Gasteiger partial charge in [-0.2, -0.15) is 5.26 Å². The lowest BCUT2D eigenvalue weighted by atomic mass is 9.69. The van der Waals surface area contributed by atoms with Gasteiger partial charge < -0.3 is 5.32 Å². The summed E-state index contributed by atoms with van der Waals surface area (Å²) < 4.78 is 13.5. The van der Waals surface area contributed by atoms with Crippen molar-refractivity contribution in [2.45, 2.75) is 17.3 Å². The lowest BCUT2D eigenvalue weighted by Gasteiger charge is -2.32. The lowest BCUT2D eigenvalue weighted by molar-refractivity contribution is 0.554. The number of nitrogens with zero attached hydrogens (tertiary/aromatic N) is 1. The molecule has 2 unspecified atom stereocenters. The topological polar surface area (TPSA) is 35.8 Å².